The molecule has 0 radical (unpaired) electrons. The van der Waals surface area contributed by atoms with E-state index >= 15 is 0 Å². The first-order valence-corrected chi connectivity index (χ1v) is 6.08. The van der Waals surface area contributed by atoms with Crippen molar-refractivity contribution >= 4 is 23.4 Å². The number of benzene rings is 1. The second-order valence-corrected chi connectivity index (χ2v) is 4.54. The Bertz CT molecular complexity index is 392. The summed E-state index contributed by atoms with van der Waals surface area (Å²) in [4.78, 5) is 11.4. The summed E-state index contributed by atoms with van der Waals surface area (Å²) in [6.45, 7) is 2.72. The highest BCUT2D eigenvalue weighted by Gasteiger charge is 2.28. The molecule has 0 atom stereocenters. The minimum Gasteiger partial charge on any atom is -0.325 e. The first kappa shape index (κ1) is 14.8. The van der Waals surface area contributed by atoms with Gasteiger partial charge in [0.15, 0.2) is 0 Å². The van der Waals surface area contributed by atoms with Gasteiger partial charge in [-0.25, -0.2) is 0 Å². The molecule has 0 saturated carbocycles. The van der Waals surface area contributed by atoms with Gasteiger partial charge in [0.1, 0.15) is 0 Å². The average Bonchev–Trinajstić information content (AvgIpc) is 2.27. The lowest BCUT2D eigenvalue weighted by atomic mass is 10.3. The molecule has 0 saturated heterocycles. The van der Waals surface area contributed by atoms with Crippen LogP contribution in [0.3, 0.4) is 0 Å². The van der Waals surface area contributed by atoms with Crippen LogP contribution in [0.2, 0.25) is 0 Å². The minimum absolute atomic E-state index is 0.0900. The van der Waals surface area contributed by atoms with Crippen LogP contribution in [0.1, 0.15) is 6.92 Å². The van der Waals surface area contributed by atoms with Gasteiger partial charge < -0.3 is 10.6 Å². The lowest BCUT2D eigenvalue weighted by molar-refractivity contribution is -0.115. The Hall–Kier alpha value is -1.21. The molecule has 0 aliphatic carbocycles. The second kappa shape index (κ2) is 6.65. The molecule has 0 bridgehead atoms. The predicted octanol–water partition coefficient (Wildman–Crippen LogP) is 2.85. The largest absolute Gasteiger partial charge is 0.446 e. The van der Waals surface area contributed by atoms with E-state index in [9.17, 15) is 18.0 Å². The van der Waals surface area contributed by atoms with Gasteiger partial charge in [-0.2, -0.15) is 13.2 Å². The van der Waals surface area contributed by atoms with Crippen LogP contribution < -0.4 is 10.6 Å². The number of nitrogens with one attached hydrogen (secondary N) is 2. The maximum absolute atomic E-state index is 12.1. The molecule has 2 N–H and O–H groups in total. The third kappa shape index (κ3) is 5.92. The molecule has 0 aliphatic heterocycles. The lowest BCUT2D eigenvalue weighted by Gasteiger charge is -2.08. The number of alkyl halides is 3. The number of halogens is 3. The molecule has 1 aromatic carbocycles. The third-order valence-corrected chi connectivity index (χ3v) is 2.65. The van der Waals surface area contributed by atoms with Crippen molar-refractivity contribution in [1.29, 1.82) is 0 Å². The topological polar surface area (TPSA) is 41.1 Å². The fourth-order valence-corrected chi connectivity index (χ4v) is 1.72. The molecule has 0 aliphatic rings. The maximum Gasteiger partial charge on any atom is 0.446 e. The van der Waals surface area contributed by atoms with Crippen LogP contribution in [0.4, 0.5) is 18.9 Å². The average molecular weight is 278 g/mol. The molecular formula is C11H13F3N2OS. The van der Waals surface area contributed by atoms with E-state index in [1.807, 2.05) is 6.92 Å². The van der Waals surface area contributed by atoms with Gasteiger partial charge in [-0.3, -0.25) is 4.79 Å². The smallest absolute Gasteiger partial charge is 0.325 e. The molecule has 18 heavy (non-hydrogen) atoms. The van der Waals surface area contributed by atoms with Gasteiger partial charge in [0.05, 0.1) is 6.54 Å². The second-order valence-electron chi connectivity index (χ2n) is 3.40. The van der Waals surface area contributed by atoms with E-state index in [4.69, 9.17) is 0 Å². The van der Waals surface area contributed by atoms with E-state index in [0.717, 1.165) is 0 Å². The Kier molecular flexibility index (Phi) is 5.49. The van der Waals surface area contributed by atoms with Gasteiger partial charge in [0.2, 0.25) is 5.91 Å². The summed E-state index contributed by atoms with van der Waals surface area (Å²) in [7, 11) is 0. The predicted molar refractivity (Wildman–Crippen MR) is 65.5 cm³/mol. The molecule has 1 amide bonds. The zero-order valence-electron chi connectivity index (χ0n) is 9.67. The number of hydrogen-bond donors (Lipinski definition) is 2. The summed E-state index contributed by atoms with van der Waals surface area (Å²) < 4.78 is 36.2. The highest BCUT2D eigenvalue weighted by atomic mass is 32.2. The molecule has 100 valence electrons. The van der Waals surface area contributed by atoms with Gasteiger partial charge in [0.25, 0.3) is 0 Å². The Morgan fingerprint density at radius 1 is 1.28 bits per heavy atom. The molecule has 1 rings (SSSR count). The minimum atomic E-state index is -4.30. The number of carbonyl (C=O) groups excluding carboxylic acids is 1. The van der Waals surface area contributed by atoms with E-state index in [2.05, 4.69) is 10.6 Å². The van der Waals surface area contributed by atoms with Crippen LogP contribution in [0.25, 0.3) is 0 Å². The monoisotopic (exact) mass is 278 g/mol. The van der Waals surface area contributed by atoms with Gasteiger partial charge >= 0.3 is 5.51 Å². The standard InChI is InChI=1S/C11H13F3N2OS/c1-2-15-7-10(17)16-8-3-5-9(6-4-8)18-11(12,13)14/h3-6,15H,2,7H2,1H3,(H,16,17). The fourth-order valence-electron chi connectivity index (χ4n) is 1.18. The van der Waals surface area contributed by atoms with Gasteiger partial charge in [-0.15, -0.1) is 0 Å². The quantitative estimate of drug-likeness (QED) is 0.814. The SMILES string of the molecule is CCNCC(=O)Nc1ccc(SC(F)(F)F)cc1. The van der Waals surface area contributed by atoms with Crippen molar-refractivity contribution in [1.82, 2.24) is 5.32 Å². The summed E-state index contributed by atoms with van der Waals surface area (Å²) in [6, 6.07) is 5.53. The van der Waals surface area contributed by atoms with E-state index < -0.39 is 5.51 Å². The van der Waals surface area contributed by atoms with Crippen LogP contribution in [0.15, 0.2) is 29.2 Å². The van der Waals surface area contributed by atoms with Crippen molar-refractivity contribution < 1.29 is 18.0 Å². The number of likely N-dealkylation sites (N-methyl/N-ethyl adjacent to an activating group) is 1. The molecule has 0 heterocycles. The molecule has 7 heteroatoms. The lowest BCUT2D eigenvalue weighted by Crippen LogP contribution is -2.27. The van der Waals surface area contributed by atoms with Gasteiger partial charge in [0, 0.05) is 10.6 Å². The molecular weight excluding hydrogens is 265 g/mol. The van der Waals surface area contributed by atoms with Crippen LogP contribution in [0.5, 0.6) is 0 Å². The molecule has 1 aromatic rings. The van der Waals surface area contributed by atoms with Crippen molar-refractivity contribution in [2.75, 3.05) is 18.4 Å². The molecule has 0 fully saturated rings. The summed E-state index contributed by atoms with van der Waals surface area (Å²) >= 11 is -0.183. The van der Waals surface area contributed by atoms with Crippen molar-refractivity contribution in [3.8, 4) is 0 Å². The Balaban J connectivity index is 2.52. The summed E-state index contributed by atoms with van der Waals surface area (Å²) in [5.74, 6) is -0.229. The number of amides is 1. The number of thioether (sulfide) groups is 1. The summed E-state index contributed by atoms with van der Waals surface area (Å²) in [6.07, 6.45) is 0. The number of hydrogen-bond acceptors (Lipinski definition) is 3. The highest BCUT2D eigenvalue weighted by Crippen LogP contribution is 2.36. The summed E-state index contributed by atoms with van der Waals surface area (Å²) in [5, 5.41) is 5.42. The van der Waals surface area contributed by atoms with E-state index in [-0.39, 0.29) is 29.1 Å². The first-order valence-electron chi connectivity index (χ1n) is 5.27. The van der Waals surface area contributed by atoms with Crippen molar-refractivity contribution in [2.24, 2.45) is 0 Å². The zero-order chi connectivity index (χ0) is 13.6. The van der Waals surface area contributed by atoms with E-state index in [1.54, 1.807) is 0 Å². The summed E-state index contributed by atoms with van der Waals surface area (Å²) in [5.41, 5.74) is -3.82. The van der Waals surface area contributed by atoms with Gasteiger partial charge in [-0.1, -0.05) is 6.92 Å². The first-order chi connectivity index (χ1) is 8.40. The Labute approximate surface area is 107 Å². The van der Waals surface area contributed by atoms with E-state index in [1.165, 1.54) is 24.3 Å². The highest BCUT2D eigenvalue weighted by molar-refractivity contribution is 8.00. The number of rotatable bonds is 5. The van der Waals surface area contributed by atoms with Crippen LogP contribution in [-0.2, 0) is 4.79 Å². The van der Waals surface area contributed by atoms with Crippen molar-refractivity contribution in [3.63, 3.8) is 0 Å². The Morgan fingerprint density at radius 2 is 1.89 bits per heavy atom. The Morgan fingerprint density at radius 3 is 2.39 bits per heavy atom. The number of carbonyl (C=O) groups is 1. The molecule has 0 aromatic heterocycles. The molecule has 0 unspecified atom stereocenters. The fraction of sp³-hybridized carbons (Fsp3) is 0.364. The normalized spacial score (nSPS) is 11.3. The van der Waals surface area contributed by atoms with Crippen LogP contribution in [0, 0.1) is 0 Å². The van der Waals surface area contributed by atoms with Gasteiger partial charge in [-0.05, 0) is 42.6 Å². The maximum atomic E-state index is 12.1. The zero-order valence-corrected chi connectivity index (χ0v) is 10.5. The third-order valence-electron chi connectivity index (χ3n) is 1.91. The number of anilines is 1. The van der Waals surface area contributed by atoms with Crippen molar-refractivity contribution in [2.45, 2.75) is 17.3 Å². The van der Waals surface area contributed by atoms with Crippen LogP contribution >= 0.6 is 11.8 Å². The molecule has 3 nitrogen and oxygen atoms in total. The van der Waals surface area contributed by atoms with Crippen LogP contribution in [-0.4, -0.2) is 24.5 Å². The van der Waals surface area contributed by atoms with E-state index in [0.29, 0.717) is 12.2 Å². The molecule has 0 spiro atoms. The van der Waals surface area contributed by atoms with Crippen molar-refractivity contribution in [3.05, 3.63) is 24.3 Å².